The first kappa shape index (κ1) is 13.6. The minimum Gasteiger partial charge on any atom is -0.508 e. The second-order valence-corrected chi connectivity index (χ2v) is 5.24. The third kappa shape index (κ3) is 2.61. The number of unbranched alkanes of at least 4 members (excludes halogenated alkanes) is 1. The van der Waals surface area contributed by atoms with E-state index in [2.05, 4.69) is 17.2 Å². The Morgan fingerprint density at radius 3 is 2.67 bits per heavy atom. The van der Waals surface area contributed by atoms with E-state index in [0.29, 0.717) is 5.75 Å². The molecule has 3 rings (SSSR count). The average molecular weight is 281 g/mol. The smallest absolute Gasteiger partial charge is 0.120 e. The molecule has 0 bridgehead atoms. The minimum atomic E-state index is 0.0125. The van der Waals surface area contributed by atoms with Crippen LogP contribution in [-0.2, 0) is 0 Å². The lowest BCUT2D eigenvalue weighted by Crippen LogP contribution is -2.12. The summed E-state index contributed by atoms with van der Waals surface area (Å²) in [5.74, 6) is 0.318. The molecule has 0 radical (unpaired) electrons. The normalized spacial score (nSPS) is 12.6. The van der Waals surface area contributed by atoms with E-state index in [4.69, 9.17) is 0 Å². The Balaban J connectivity index is 2.09. The van der Waals surface area contributed by atoms with Crippen LogP contribution in [0.5, 0.6) is 5.75 Å². The van der Waals surface area contributed by atoms with Crippen molar-refractivity contribution in [2.24, 2.45) is 0 Å². The Morgan fingerprint density at radius 1 is 1.10 bits per heavy atom. The van der Waals surface area contributed by atoms with Crippen LogP contribution in [0.3, 0.4) is 0 Å². The van der Waals surface area contributed by atoms with Crippen molar-refractivity contribution in [3.05, 3.63) is 54.1 Å². The number of hydrogen-bond donors (Lipinski definition) is 1. The topological polar surface area (TPSA) is 50.9 Å². The fourth-order valence-corrected chi connectivity index (χ4v) is 2.69. The van der Waals surface area contributed by atoms with Gasteiger partial charge in [0.25, 0.3) is 0 Å². The Labute approximate surface area is 124 Å². The maximum Gasteiger partial charge on any atom is 0.120 e. The number of fused-ring (bicyclic) bond motifs is 1. The predicted octanol–water partition coefficient (Wildman–Crippen LogP) is 3.92. The van der Waals surface area contributed by atoms with Crippen LogP contribution < -0.4 is 0 Å². The lowest BCUT2D eigenvalue weighted by Gasteiger charge is -2.19. The highest BCUT2D eigenvalue weighted by Crippen LogP contribution is 2.32. The molecule has 2 aromatic carbocycles. The maximum atomic E-state index is 10.2. The molecule has 21 heavy (non-hydrogen) atoms. The van der Waals surface area contributed by atoms with Gasteiger partial charge in [0.15, 0.2) is 0 Å². The third-order valence-electron chi connectivity index (χ3n) is 3.80. The highest BCUT2D eigenvalue weighted by atomic mass is 16.3. The summed E-state index contributed by atoms with van der Waals surface area (Å²) in [6.07, 6.45) is 3.12. The summed E-state index contributed by atoms with van der Waals surface area (Å²) in [5, 5.41) is 18.7. The second-order valence-electron chi connectivity index (χ2n) is 5.24. The van der Waals surface area contributed by atoms with Crippen LogP contribution in [-0.4, -0.2) is 20.1 Å². The Hall–Kier alpha value is -2.36. The summed E-state index contributed by atoms with van der Waals surface area (Å²) in [5.41, 5.74) is 2.79. The molecule has 108 valence electrons. The zero-order valence-electron chi connectivity index (χ0n) is 12.1. The molecule has 1 heterocycles. The van der Waals surface area contributed by atoms with E-state index in [1.165, 1.54) is 0 Å². The SMILES string of the molecule is CCCCC(c1ccccc1O)n1nnc2ccccc21. The van der Waals surface area contributed by atoms with Crippen molar-refractivity contribution in [3.8, 4) is 5.75 Å². The fraction of sp³-hybridized carbons (Fsp3) is 0.294. The summed E-state index contributed by atoms with van der Waals surface area (Å²) in [6, 6.07) is 15.4. The average Bonchev–Trinajstić information content (AvgIpc) is 2.93. The molecule has 0 aliphatic rings. The summed E-state index contributed by atoms with van der Waals surface area (Å²) >= 11 is 0. The van der Waals surface area contributed by atoms with Crippen molar-refractivity contribution >= 4 is 11.0 Å². The molecule has 0 saturated heterocycles. The molecular formula is C17H19N3O. The van der Waals surface area contributed by atoms with Gasteiger partial charge in [-0.05, 0) is 24.6 Å². The molecule has 4 heteroatoms. The molecule has 3 aromatic rings. The van der Waals surface area contributed by atoms with E-state index >= 15 is 0 Å². The quantitative estimate of drug-likeness (QED) is 0.771. The summed E-state index contributed by atoms with van der Waals surface area (Å²) in [7, 11) is 0. The van der Waals surface area contributed by atoms with E-state index in [1.54, 1.807) is 6.07 Å². The molecular weight excluding hydrogens is 262 g/mol. The molecule has 1 N–H and O–H groups in total. The number of rotatable bonds is 5. The van der Waals surface area contributed by atoms with Crippen molar-refractivity contribution in [2.45, 2.75) is 32.2 Å². The number of phenolic OH excluding ortho intramolecular Hbond substituents is 1. The van der Waals surface area contributed by atoms with Gasteiger partial charge in [-0.25, -0.2) is 4.68 Å². The van der Waals surface area contributed by atoms with E-state index < -0.39 is 0 Å². The lowest BCUT2D eigenvalue weighted by atomic mass is 10.00. The third-order valence-corrected chi connectivity index (χ3v) is 3.80. The van der Waals surface area contributed by atoms with Gasteiger partial charge in [0.1, 0.15) is 11.3 Å². The number of phenols is 1. The van der Waals surface area contributed by atoms with Crippen LogP contribution in [0.1, 0.15) is 37.8 Å². The van der Waals surface area contributed by atoms with Gasteiger partial charge in [0.05, 0.1) is 11.6 Å². The van der Waals surface area contributed by atoms with Crippen molar-refractivity contribution in [3.63, 3.8) is 0 Å². The summed E-state index contributed by atoms with van der Waals surface area (Å²) in [4.78, 5) is 0. The van der Waals surface area contributed by atoms with Gasteiger partial charge < -0.3 is 5.11 Å². The van der Waals surface area contributed by atoms with E-state index in [9.17, 15) is 5.11 Å². The fourth-order valence-electron chi connectivity index (χ4n) is 2.69. The highest BCUT2D eigenvalue weighted by molar-refractivity contribution is 5.74. The first-order valence-corrected chi connectivity index (χ1v) is 7.39. The number of hydrogen-bond acceptors (Lipinski definition) is 3. The largest absolute Gasteiger partial charge is 0.508 e. The summed E-state index contributed by atoms with van der Waals surface area (Å²) < 4.78 is 1.93. The van der Waals surface area contributed by atoms with Gasteiger partial charge in [0.2, 0.25) is 0 Å². The lowest BCUT2D eigenvalue weighted by molar-refractivity contribution is 0.425. The van der Waals surface area contributed by atoms with E-state index in [1.807, 2.05) is 47.1 Å². The highest BCUT2D eigenvalue weighted by Gasteiger charge is 2.20. The number of nitrogens with zero attached hydrogens (tertiary/aromatic N) is 3. The molecule has 4 nitrogen and oxygen atoms in total. The standard InChI is InChI=1S/C17H19N3O/c1-2-3-10-15(13-8-4-7-12-17(13)21)20-16-11-6-5-9-14(16)18-19-20/h4-9,11-12,15,21H,2-3,10H2,1H3. The molecule has 1 unspecified atom stereocenters. The monoisotopic (exact) mass is 281 g/mol. The molecule has 1 atom stereocenters. The molecule has 0 saturated carbocycles. The Bertz CT molecular complexity index is 735. The first-order chi connectivity index (χ1) is 10.3. The number of aromatic nitrogens is 3. The van der Waals surface area contributed by atoms with Crippen LogP contribution >= 0.6 is 0 Å². The molecule has 0 aliphatic carbocycles. The second kappa shape index (κ2) is 5.95. The Kier molecular flexibility index (Phi) is 3.86. The van der Waals surface area contributed by atoms with Gasteiger partial charge in [-0.15, -0.1) is 5.10 Å². The van der Waals surface area contributed by atoms with Gasteiger partial charge >= 0.3 is 0 Å². The van der Waals surface area contributed by atoms with Crippen LogP contribution in [0.2, 0.25) is 0 Å². The molecule has 1 aromatic heterocycles. The van der Waals surface area contributed by atoms with Gasteiger partial charge in [-0.3, -0.25) is 0 Å². The molecule has 0 aliphatic heterocycles. The van der Waals surface area contributed by atoms with Gasteiger partial charge in [-0.2, -0.15) is 0 Å². The zero-order valence-corrected chi connectivity index (χ0v) is 12.1. The summed E-state index contributed by atoms with van der Waals surface area (Å²) in [6.45, 7) is 2.17. The van der Waals surface area contributed by atoms with E-state index in [0.717, 1.165) is 35.9 Å². The first-order valence-electron chi connectivity index (χ1n) is 7.39. The van der Waals surface area contributed by atoms with Crippen LogP contribution in [0, 0.1) is 0 Å². The number of aromatic hydroxyl groups is 1. The van der Waals surface area contributed by atoms with Crippen molar-refractivity contribution in [1.29, 1.82) is 0 Å². The van der Waals surface area contributed by atoms with Crippen molar-refractivity contribution < 1.29 is 5.11 Å². The maximum absolute atomic E-state index is 10.2. The van der Waals surface area contributed by atoms with Gasteiger partial charge in [-0.1, -0.05) is 55.3 Å². The predicted molar refractivity (Wildman–Crippen MR) is 83.3 cm³/mol. The molecule has 0 fully saturated rings. The van der Waals surface area contributed by atoms with Crippen molar-refractivity contribution in [1.82, 2.24) is 15.0 Å². The van der Waals surface area contributed by atoms with Crippen LogP contribution in [0.4, 0.5) is 0 Å². The molecule has 0 amide bonds. The Morgan fingerprint density at radius 2 is 1.86 bits per heavy atom. The zero-order chi connectivity index (χ0) is 14.7. The van der Waals surface area contributed by atoms with Crippen LogP contribution in [0.15, 0.2) is 48.5 Å². The number of para-hydroxylation sites is 2. The number of benzene rings is 2. The minimum absolute atomic E-state index is 0.0125. The van der Waals surface area contributed by atoms with E-state index in [-0.39, 0.29) is 6.04 Å². The van der Waals surface area contributed by atoms with Crippen LogP contribution in [0.25, 0.3) is 11.0 Å². The molecule has 0 spiro atoms. The van der Waals surface area contributed by atoms with Crippen molar-refractivity contribution in [2.75, 3.05) is 0 Å². The van der Waals surface area contributed by atoms with Gasteiger partial charge in [0, 0.05) is 5.56 Å².